The van der Waals surface area contributed by atoms with E-state index in [-0.39, 0.29) is 22.9 Å². The summed E-state index contributed by atoms with van der Waals surface area (Å²) >= 11 is 7.51. The van der Waals surface area contributed by atoms with Crippen LogP contribution in [0.1, 0.15) is 67.1 Å². The molecule has 0 saturated carbocycles. The number of hydrogen-bond acceptors (Lipinski definition) is 7. The highest BCUT2D eigenvalue weighted by atomic mass is 35.5. The van der Waals surface area contributed by atoms with Gasteiger partial charge in [0.25, 0.3) is 17.7 Å². The van der Waals surface area contributed by atoms with E-state index in [9.17, 15) is 19.2 Å². The van der Waals surface area contributed by atoms with Gasteiger partial charge in [-0.2, -0.15) is 0 Å². The van der Waals surface area contributed by atoms with Crippen molar-refractivity contribution in [3.63, 3.8) is 0 Å². The molecule has 8 N–H and O–H groups in total. The van der Waals surface area contributed by atoms with Crippen LogP contribution in [0, 0.1) is 27.7 Å². The van der Waals surface area contributed by atoms with Gasteiger partial charge in [0, 0.05) is 58.2 Å². The molecule has 0 aliphatic rings. The van der Waals surface area contributed by atoms with Gasteiger partial charge in [-0.15, -0.1) is 23.4 Å². The number of aryl methyl sites for hydroxylation is 1. The van der Waals surface area contributed by atoms with E-state index in [2.05, 4.69) is 42.0 Å². The van der Waals surface area contributed by atoms with Crippen LogP contribution in [0.4, 0.5) is 11.4 Å². The van der Waals surface area contributed by atoms with Crippen molar-refractivity contribution in [3.8, 4) is 11.1 Å². The first kappa shape index (κ1) is 34.7. The number of halogens is 1. The van der Waals surface area contributed by atoms with E-state index >= 15 is 0 Å². The summed E-state index contributed by atoms with van der Waals surface area (Å²) in [5.74, 6) is -0.0116. The molecule has 3 heterocycles. The van der Waals surface area contributed by atoms with Gasteiger partial charge in [-0.25, -0.2) is 0 Å². The number of H-pyrrole nitrogens is 2. The van der Waals surface area contributed by atoms with Crippen LogP contribution in [0.2, 0.25) is 0 Å². The van der Waals surface area contributed by atoms with Gasteiger partial charge in [0.15, 0.2) is 5.84 Å². The van der Waals surface area contributed by atoms with Crippen molar-refractivity contribution < 1.29 is 24.4 Å². The minimum atomic E-state index is -0.528. The number of anilines is 2. The van der Waals surface area contributed by atoms with Crippen LogP contribution in [-0.2, 0) is 4.79 Å². The molecule has 0 radical (unpaired) electrons. The summed E-state index contributed by atoms with van der Waals surface area (Å²) in [6, 6.07) is 6.01. The second-order valence-corrected chi connectivity index (χ2v) is 12.0. The number of benzene rings is 1. The monoisotopic (exact) mass is 681 g/mol. The number of oxime groups is 1. The molecule has 0 fully saturated rings. The average molecular weight is 682 g/mol. The number of hydrazine groups is 1. The molecule has 4 aromatic rings. The fourth-order valence-electron chi connectivity index (χ4n) is 4.92. The second-order valence-electron chi connectivity index (χ2n) is 10.4. The zero-order valence-electron chi connectivity index (χ0n) is 26.4. The number of carbonyl (C=O) groups is 4. The number of amides is 4. The van der Waals surface area contributed by atoms with Gasteiger partial charge in [-0.1, -0.05) is 24.2 Å². The van der Waals surface area contributed by atoms with Crippen LogP contribution in [0.15, 0.2) is 46.8 Å². The molecule has 3 aromatic heterocycles. The van der Waals surface area contributed by atoms with Crippen LogP contribution in [0.3, 0.4) is 0 Å². The number of amidine groups is 1. The SMILES string of the molecule is CCC(=NO)NNC(=O)c1[nH]cc(NC(=O)c2[nH]cc(NC(=O)c3c(C)c(-c4ccc(SCCCl)c(C)c4)cn3NC=O)c2C)c1C. The van der Waals surface area contributed by atoms with Crippen molar-refractivity contribution in [3.05, 3.63) is 76.1 Å². The Morgan fingerprint density at radius 3 is 2.17 bits per heavy atom. The zero-order valence-corrected chi connectivity index (χ0v) is 28.0. The predicted octanol–water partition coefficient (Wildman–Crippen LogP) is 5.01. The highest BCUT2D eigenvalue weighted by Crippen LogP contribution is 2.32. The number of aromatic nitrogens is 3. The largest absolute Gasteiger partial charge is 0.409 e. The van der Waals surface area contributed by atoms with E-state index in [1.807, 2.05) is 25.1 Å². The maximum absolute atomic E-state index is 13.6. The lowest BCUT2D eigenvalue weighted by molar-refractivity contribution is -0.106. The Morgan fingerprint density at radius 2 is 1.60 bits per heavy atom. The summed E-state index contributed by atoms with van der Waals surface area (Å²) in [6.45, 7) is 8.89. The van der Waals surface area contributed by atoms with E-state index < -0.39 is 17.7 Å². The Hall–Kier alpha value is -5.15. The van der Waals surface area contributed by atoms with Crippen molar-refractivity contribution in [2.45, 2.75) is 45.9 Å². The number of thioether (sulfide) groups is 1. The lowest BCUT2D eigenvalue weighted by atomic mass is 10.0. The van der Waals surface area contributed by atoms with Crippen molar-refractivity contribution in [1.29, 1.82) is 0 Å². The summed E-state index contributed by atoms with van der Waals surface area (Å²) < 4.78 is 1.37. The highest BCUT2D eigenvalue weighted by molar-refractivity contribution is 7.99. The number of rotatable bonds is 12. The first-order valence-corrected chi connectivity index (χ1v) is 16.0. The van der Waals surface area contributed by atoms with Gasteiger partial charge in [0.2, 0.25) is 6.41 Å². The number of alkyl halides is 1. The van der Waals surface area contributed by atoms with Crippen molar-refractivity contribution >= 4 is 64.7 Å². The van der Waals surface area contributed by atoms with Crippen molar-refractivity contribution in [1.82, 2.24) is 25.5 Å². The zero-order chi connectivity index (χ0) is 34.2. The van der Waals surface area contributed by atoms with E-state index in [1.54, 1.807) is 45.7 Å². The van der Waals surface area contributed by atoms with Crippen LogP contribution in [0.25, 0.3) is 11.1 Å². The van der Waals surface area contributed by atoms with Crippen molar-refractivity contribution in [2.24, 2.45) is 5.16 Å². The molecular formula is C31H36ClN9O5S. The molecular weight excluding hydrogens is 646 g/mol. The first-order valence-electron chi connectivity index (χ1n) is 14.5. The average Bonchev–Trinajstić information content (AvgIpc) is 3.71. The molecule has 0 unspecified atom stereocenters. The minimum Gasteiger partial charge on any atom is -0.409 e. The van der Waals surface area contributed by atoms with E-state index in [0.717, 1.165) is 27.3 Å². The molecule has 47 heavy (non-hydrogen) atoms. The Morgan fingerprint density at radius 1 is 0.957 bits per heavy atom. The molecule has 0 aliphatic heterocycles. The highest BCUT2D eigenvalue weighted by Gasteiger charge is 2.24. The van der Waals surface area contributed by atoms with Gasteiger partial charge in [0.1, 0.15) is 17.1 Å². The number of nitrogens with one attached hydrogen (secondary N) is 7. The number of hydrogen-bond donors (Lipinski definition) is 8. The summed E-state index contributed by atoms with van der Waals surface area (Å²) in [5, 5.41) is 17.5. The summed E-state index contributed by atoms with van der Waals surface area (Å²) in [7, 11) is 0. The smallest absolute Gasteiger partial charge is 0.286 e. The molecule has 4 amide bonds. The normalized spacial score (nSPS) is 11.2. The Balaban J connectivity index is 1.51. The van der Waals surface area contributed by atoms with Gasteiger partial charge in [-0.05, 0) is 50.5 Å². The third-order valence-electron chi connectivity index (χ3n) is 7.49. The topological polar surface area (TPSA) is 198 Å². The molecule has 1 aromatic carbocycles. The fraction of sp³-hybridized carbons (Fsp3) is 0.258. The maximum atomic E-state index is 13.6. The second kappa shape index (κ2) is 15.4. The number of carbonyl (C=O) groups excluding carboxylic acids is 4. The Bertz CT molecular complexity index is 1840. The quantitative estimate of drug-likeness (QED) is 0.0195. The number of aromatic amines is 2. The standard InChI is InChI=1S/C31H36ClN9O5S/c1-6-25(40-46)38-39-30(44)27-19(5)22(12-34-27)36-29(43)26-18(4)23(13-33-26)37-31(45)28-17(3)21(14-41(28)35-15-42)20-7-8-24(16(2)11-20)47-10-9-32/h7-8,11-15,33-34,46H,6,9-10H2,1-5H3,(H,35,42)(H,36,43)(H,37,45)(H,38,40)(H,39,44). The van der Waals surface area contributed by atoms with Gasteiger partial charge in [0.05, 0.1) is 11.4 Å². The van der Waals surface area contributed by atoms with Crippen LogP contribution in [0.5, 0.6) is 0 Å². The molecule has 0 spiro atoms. The molecule has 14 nitrogen and oxygen atoms in total. The summed E-state index contributed by atoms with van der Waals surface area (Å²) in [4.78, 5) is 57.6. The summed E-state index contributed by atoms with van der Waals surface area (Å²) in [5.41, 5.74) is 13.2. The number of nitrogens with zero attached hydrogens (tertiary/aromatic N) is 2. The van der Waals surface area contributed by atoms with Crippen LogP contribution < -0.4 is 26.9 Å². The molecule has 248 valence electrons. The Labute approximate surface area is 280 Å². The molecule has 16 heteroatoms. The molecule has 4 rings (SSSR count). The fourth-order valence-corrected chi connectivity index (χ4v) is 5.90. The van der Waals surface area contributed by atoms with Crippen molar-refractivity contribution in [2.75, 3.05) is 27.7 Å². The van der Waals surface area contributed by atoms with Crippen LogP contribution >= 0.6 is 23.4 Å². The first-order chi connectivity index (χ1) is 22.5. The molecule has 0 aliphatic carbocycles. The van der Waals surface area contributed by atoms with E-state index in [1.165, 1.54) is 17.1 Å². The lowest BCUT2D eigenvalue weighted by Gasteiger charge is -2.10. The third kappa shape index (κ3) is 7.64. The summed E-state index contributed by atoms with van der Waals surface area (Å²) in [6.07, 6.45) is 5.52. The molecule has 0 bridgehead atoms. The van der Waals surface area contributed by atoms with Gasteiger partial charge < -0.3 is 25.8 Å². The van der Waals surface area contributed by atoms with E-state index in [0.29, 0.717) is 46.8 Å². The van der Waals surface area contributed by atoms with Gasteiger partial charge >= 0.3 is 0 Å². The molecule has 0 saturated heterocycles. The third-order valence-corrected chi connectivity index (χ3v) is 9.08. The van der Waals surface area contributed by atoms with E-state index in [4.69, 9.17) is 16.8 Å². The van der Waals surface area contributed by atoms with Gasteiger partial charge in [-0.3, -0.25) is 40.1 Å². The Kier molecular flexibility index (Phi) is 11.4. The molecule has 0 atom stereocenters. The maximum Gasteiger partial charge on any atom is 0.286 e. The lowest BCUT2D eigenvalue weighted by Crippen LogP contribution is -2.41. The van der Waals surface area contributed by atoms with Crippen LogP contribution in [-0.4, -0.2) is 61.5 Å². The predicted molar refractivity (Wildman–Crippen MR) is 183 cm³/mol. The minimum absolute atomic E-state index is 0.170.